The van der Waals surface area contributed by atoms with Gasteiger partial charge in [-0.05, 0) is 12.1 Å². The minimum Gasteiger partial charge on any atom is -1.00 e. The Hall–Kier alpha value is -0.270. The topological polar surface area (TPSA) is 106 Å². The first kappa shape index (κ1) is 12.7. The normalized spacial score (nSPS) is 10.5. The summed E-state index contributed by atoms with van der Waals surface area (Å²) in [6.07, 6.45) is 0. The molecule has 5 N–H and O–H groups in total. The molecule has 1 aromatic rings. The average molecular weight is 212 g/mol. The molecule has 0 aliphatic carbocycles. The zero-order chi connectivity index (χ0) is 9.35. The molecule has 0 bridgehead atoms. The second kappa shape index (κ2) is 4.30. The molecule has 0 saturated carbocycles. The minimum atomic E-state index is -4.31. The summed E-state index contributed by atoms with van der Waals surface area (Å²) in [7, 11) is -4.31. The van der Waals surface area contributed by atoms with E-state index < -0.39 is 15.0 Å². The molecule has 0 unspecified atom stereocenters. The van der Waals surface area contributed by atoms with E-state index in [2.05, 4.69) is 0 Å². The van der Waals surface area contributed by atoms with Crippen LogP contribution in [0.5, 0.6) is 0 Å². The smallest absolute Gasteiger partial charge is 1.00 e. The largest absolute Gasteiger partial charge is 1.00 e. The van der Waals surface area contributed by atoms with E-state index in [1.54, 1.807) is 0 Å². The van der Waals surface area contributed by atoms with E-state index in [4.69, 9.17) is 16.0 Å². The zero-order valence-corrected chi connectivity index (χ0v) is 9.88. The second-order valence-corrected chi connectivity index (χ2v) is 3.60. The van der Waals surface area contributed by atoms with E-state index in [1.807, 2.05) is 0 Å². The van der Waals surface area contributed by atoms with E-state index in [0.717, 1.165) is 0 Å². The van der Waals surface area contributed by atoms with Crippen LogP contribution in [-0.4, -0.2) is 13.0 Å². The molecule has 0 heterocycles. The first-order chi connectivity index (χ1) is 5.43. The van der Waals surface area contributed by atoms with Gasteiger partial charge in [0.25, 0.3) is 10.1 Å². The number of nitrogen functional groups attached to an aromatic ring is 2. The van der Waals surface area contributed by atoms with E-state index in [9.17, 15) is 8.42 Å². The van der Waals surface area contributed by atoms with E-state index in [-0.39, 0.29) is 42.4 Å². The van der Waals surface area contributed by atoms with Gasteiger partial charge in [0.05, 0.1) is 11.4 Å². The van der Waals surface area contributed by atoms with Gasteiger partial charge in [-0.2, -0.15) is 8.42 Å². The number of hydrogen-bond donors (Lipinski definition) is 3. The molecule has 0 aliphatic rings. The Morgan fingerprint density at radius 2 is 1.62 bits per heavy atom. The predicted octanol–water partition coefficient (Wildman–Crippen LogP) is -2.79. The number of hydrogen-bond acceptors (Lipinski definition) is 4. The molecule has 0 atom stereocenters. The van der Waals surface area contributed by atoms with Crippen LogP contribution in [0.1, 0.15) is 1.43 Å². The Bertz CT molecular complexity index is 389. The SMILES string of the molecule is Nc1cccc(N)c1S(=O)(=O)O.[H-].[Na+]. The van der Waals surface area contributed by atoms with Gasteiger partial charge >= 0.3 is 29.6 Å². The number of anilines is 2. The third-order valence-corrected chi connectivity index (χ3v) is 2.32. The first-order valence-corrected chi connectivity index (χ1v) is 4.48. The maximum atomic E-state index is 10.7. The van der Waals surface area contributed by atoms with Crippen LogP contribution in [0.25, 0.3) is 0 Å². The van der Waals surface area contributed by atoms with Crippen LogP contribution in [0.3, 0.4) is 0 Å². The molecule has 0 aromatic heterocycles. The van der Waals surface area contributed by atoms with Crippen LogP contribution < -0.4 is 41.0 Å². The van der Waals surface area contributed by atoms with Crippen molar-refractivity contribution in [3.8, 4) is 0 Å². The van der Waals surface area contributed by atoms with Crippen molar-refractivity contribution >= 4 is 21.5 Å². The Kier molecular flexibility index (Phi) is 4.21. The molecular formula is C6H9N2NaO3S. The molecule has 0 spiro atoms. The molecule has 0 aliphatic heterocycles. The third kappa shape index (κ3) is 2.85. The van der Waals surface area contributed by atoms with Gasteiger partial charge in [0.2, 0.25) is 0 Å². The van der Waals surface area contributed by atoms with Crippen LogP contribution in [0.15, 0.2) is 23.1 Å². The molecule has 5 nitrogen and oxygen atoms in total. The summed E-state index contributed by atoms with van der Waals surface area (Å²) in [6, 6.07) is 4.19. The average Bonchev–Trinajstić information content (AvgIpc) is 1.82. The summed E-state index contributed by atoms with van der Waals surface area (Å²) in [5, 5.41) is 0. The van der Waals surface area contributed by atoms with Crippen molar-refractivity contribution in [3.05, 3.63) is 18.2 Å². The van der Waals surface area contributed by atoms with Crippen molar-refractivity contribution in [2.45, 2.75) is 4.90 Å². The van der Waals surface area contributed by atoms with Crippen LogP contribution >= 0.6 is 0 Å². The van der Waals surface area contributed by atoms with Crippen LogP contribution in [0, 0.1) is 0 Å². The minimum absolute atomic E-state index is 0. The summed E-state index contributed by atoms with van der Waals surface area (Å²) in [4.78, 5) is -0.426. The van der Waals surface area contributed by atoms with Crippen molar-refractivity contribution < 1.29 is 44.0 Å². The van der Waals surface area contributed by atoms with Gasteiger partial charge < -0.3 is 12.9 Å². The van der Waals surface area contributed by atoms with Gasteiger partial charge in [-0.25, -0.2) is 0 Å². The van der Waals surface area contributed by atoms with Gasteiger partial charge in [0, 0.05) is 0 Å². The quantitative estimate of drug-likeness (QED) is 0.265. The van der Waals surface area contributed by atoms with Crippen LogP contribution in [0.4, 0.5) is 11.4 Å². The summed E-state index contributed by atoms with van der Waals surface area (Å²) in [6.45, 7) is 0. The van der Waals surface area contributed by atoms with Gasteiger partial charge in [-0.3, -0.25) is 4.55 Å². The van der Waals surface area contributed by atoms with Crippen LogP contribution in [0.2, 0.25) is 0 Å². The number of benzene rings is 1. The molecule has 0 saturated heterocycles. The summed E-state index contributed by atoms with van der Waals surface area (Å²) in [5.74, 6) is 0. The van der Waals surface area contributed by atoms with Gasteiger partial charge in [-0.15, -0.1) is 0 Å². The number of nitrogens with two attached hydrogens (primary N) is 2. The summed E-state index contributed by atoms with van der Waals surface area (Å²) < 4.78 is 30.0. The molecule has 0 fully saturated rings. The van der Waals surface area contributed by atoms with Gasteiger partial charge in [-0.1, -0.05) is 6.07 Å². The molecule has 1 aromatic carbocycles. The fourth-order valence-corrected chi connectivity index (χ4v) is 1.60. The monoisotopic (exact) mass is 212 g/mol. The Labute approximate surface area is 99.6 Å². The summed E-state index contributed by atoms with van der Waals surface area (Å²) in [5.41, 5.74) is 10.5. The molecule has 1 rings (SSSR count). The molecular weight excluding hydrogens is 203 g/mol. The Morgan fingerprint density at radius 1 is 1.23 bits per heavy atom. The fraction of sp³-hybridized carbons (Fsp3) is 0. The molecule has 0 amide bonds. The fourth-order valence-electron chi connectivity index (χ4n) is 0.871. The van der Waals surface area contributed by atoms with Crippen molar-refractivity contribution in [1.82, 2.24) is 0 Å². The Balaban J connectivity index is 0. The molecule has 0 radical (unpaired) electrons. The first-order valence-electron chi connectivity index (χ1n) is 3.04. The number of rotatable bonds is 1. The van der Waals surface area contributed by atoms with Gasteiger partial charge in [0.15, 0.2) is 0 Å². The maximum absolute atomic E-state index is 10.7. The molecule has 13 heavy (non-hydrogen) atoms. The van der Waals surface area contributed by atoms with Crippen molar-refractivity contribution in [3.63, 3.8) is 0 Å². The standard InChI is InChI=1S/C6H8N2O3S.Na.H/c7-4-2-1-3-5(8)6(4)12(9,10)11;;/h1-3H,7-8H2,(H,9,10,11);;/q;+1;-1. The van der Waals surface area contributed by atoms with Crippen LogP contribution in [-0.2, 0) is 10.1 Å². The van der Waals surface area contributed by atoms with E-state index >= 15 is 0 Å². The van der Waals surface area contributed by atoms with Gasteiger partial charge in [0.1, 0.15) is 4.90 Å². The van der Waals surface area contributed by atoms with Crippen molar-refractivity contribution in [2.24, 2.45) is 0 Å². The van der Waals surface area contributed by atoms with E-state index in [1.165, 1.54) is 18.2 Å². The Morgan fingerprint density at radius 3 is 1.85 bits per heavy atom. The second-order valence-electron chi connectivity index (χ2n) is 2.24. The molecule has 68 valence electrons. The van der Waals surface area contributed by atoms with E-state index in [0.29, 0.717) is 0 Å². The maximum Gasteiger partial charge on any atom is 1.00 e. The molecule has 7 heteroatoms. The van der Waals surface area contributed by atoms with Crippen molar-refractivity contribution in [2.75, 3.05) is 11.5 Å². The van der Waals surface area contributed by atoms with Crippen molar-refractivity contribution in [1.29, 1.82) is 0 Å². The summed E-state index contributed by atoms with van der Waals surface area (Å²) >= 11 is 0. The zero-order valence-electron chi connectivity index (χ0n) is 8.06. The predicted molar refractivity (Wildman–Crippen MR) is 46.2 cm³/mol. The third-order valence-electron chi connectivity index (χ3n) is 1.33.